The highest BCUT2D eigenvalue weighted by molar-refractivity contribution is 5.81. The van der Waals surface area contributed by atoms with Crippen LogP contribution in [0, 0.1) is 0 Å². The fourth-order valence-electron chi connectivity index (χ4n) is 1.78. The van der Waals surface area contributed by atoms with E-state index in [0.717, 1.165) is 23.5 Å². The van der Waals surface area contributed by atoms with E-state index in [1.54, 1.807) is 0 Å². The number of fused-ring (bicyclic) bond motifs is 1. The van der Waals surface area contributed by atoms with Gasteiger partial charge in [0, 0.05) is 30.9 Å². The first-order valence-electron chi connectivity index (χ1n) is 4.97. The van der Waals surface area contributed by atoms with Crippen LogP contribution in [-0.4, -0.2) is 18.6 Å². The Balaban J connectivity index is 2.02. The molecule has 3 heteroatoms. The lowest BCUT2D eigenvalue weighted by atomic mass is 10.3. The number of anilines is 1. The molecule has 1 aliphatic rings. The summed E-state index contributed by atoms with van der Waals surface area (Å²) < 4.78 is 5.75. The van der Waals surface area contributed by atoms with Crippen LogP contribution in [0.3, 0.4) is 0 Å². The lowest BCUT2D eigenvalue weighted by Crippen LogP contribution is -2.20. The zero-order valence-electron chi connectivity index (χ0n) is 8.55. The summed E-state index contributed by atoms with van der Waals surface area (Å²) in [5.74, 6) is 0.900. The normalized spacial score (nSPS) is 15.5. The maximum atomic E-state index is 5.75. The van der Waals surface area contributed by atoms with Crippen LogP contribution in [0.15, 0.2) is 47.1 Å². The van der Waals surface area contributed by atoms with Gasteiger partial charge in [0.2, 0.25) is 5.88 Å². The summed E-state index contributed by atoms with van der Waals surface area (Å²) in [7, 11) is 2.04. The number of benzene rings is 1. The van der Waals surface area contributed by atoms with E-state index in [2.05, 4.69) is 21.9 Å². The molecule has 2 heterocycles. The smallest absolute Gasteiger partial charge is 0.202 e. The molecule has 0 atom stereocenters. The summed E-state index contributed by atoms with van der Waals surface area (Å²) in [6, 6.07) is 10.1. The minimum Gasteiger partial charge on any atom is -0.440 e. The molecule has 0 aliphatic carbocycles. The Kier molecular flexibility index (Phi) is 1.71. The van der Waals surface area contributed by atoms with Gasteiger partial charge in [-0.25, -0.2) is 0 Å². The Morgan fingerprint density at radius 2 is 2.07 bits per heavy atom. The molecule has 0 saturated carbocycles. The number of hydrogen-bond acceptors (Lipinski definition) is 3. The van der Waals surface area contributed by atoms with Crippen molar-refractivity contribution in [1.29, 1.82) is 0 Å². The quantitative estimate of drug-likeness (QED) is 0.705. The summed E-state index contributed by atoms with van der Waals surface area (Å²) in [4.78, 5) is 4.19. The first-order chi connectivity index (χ1) is 7.33. The van der Waals surface area contributed by atoms with Crippen LogP contribution in [0.5, 0.6) is 0 Å². The van der Waals surface area contributed by atoms with E-state index in [4.69, 9.17) is 4.42 Å². The van der Waals surface area contributed by atoms with Crippen molar-refractivity contribution < 1.29 is 4.42 Å². The van der Waals surface area contributed by atoms with Gasteiger partial charge in [-0.3, -0.25) is 4.90 Å². The van der Waals surface area contributed by atoms with Gasteiger partial charge in [-0.1, -0.05) is 18.2 Å². The summed E-state index contributed by atoms with van der Waals surface area (Å²) >= 11 is 0. The summed E-state index contributed by atoms with van der Waals surface area (Å²) in [5, 5.41) is 1.15. The SMILES string of the molecule is CN1C=CN(c2cc3ccccc3o2)C1. The van der Waals surface area contributed by atoms with Crippen LogP contribution >= 0.6 is 0 Å². The van der Waals surface area contributed by atoms with E-state index in [9.17, 15) is 0 Å². The standard InChI is InChI=1S/C12H12N2O/c1-13-6-7-14(9-13)12-8-10-4-2-3-5-11(10)15-12/h2-8H,9H2,1H3. The van der Waals surface area contributed by atoms with E-state index in [-0.39, 0.29) is 0 Å². The van der Waals surface area contributed by atoms with Gasteiger partial charge in [0.05, 0.1) is 6.67 Å². The summed E-state index contributed by atoms with van der Waals surface area (Å²) in [6.07, 6.45) is 4.06. The fraction of sp³-hybridized carbons (Fsp3) is 0.167. The van der Waals surface area contributed by atoms with Gasteiger partial charge < -0.3 is 9.32 Å². The van der Waals surface area contributed by atoms with Gasteiger partial charge in [-0.2, -0.15) is 0 Å². The van der Waals surface area contributed by atoms with E-state index in [1.165, 1.54) is 0 Å². The van der Waals surface area contributed by atoms with E-state index in [1.807, 2.05) is 37.6 Å². The summed E-state index contributed by atoms with van der Waals surface area (Å²) in [6.45, 7) is 0.847. The minimum absolute atomic E-state index is 0.847. The van der Waals surface area contributed by atoms with Crippen molar-refractivity contribution in [2.24, 2.45) is 0 Å². The van der Waals surface area contributed by atoms with Crippen molar-refractivity contribution >= 4 is 16.9 Å². The van der Waals surface area contributed by atoms with Crippen LogP contribution in [0.25, 0.3) is 11.0 Å². The molecule has 76 valence electrons. The van der Waals surface area contributed by atoms with Crippen LogP contribution in [0.4, 0.5) is 5.88 Å². The molecule has 0 fully saturated rings. The molecule has 1 aromatic carbocycles. The van der Waals surface area contributed by atoms with E-state index >= 15 is 0 Å². The lowest BCUT2D eigenvalue weighted by molar-refractivity contribution is 0.480. The third-order valence-corrected chi connectivity index (χ3v) is 2.57. The molecule has 3 nitrogen and oxygen atoms in total. The number of hydrogen-bond donors (Lipinski definition) is 0. The molecule has 0 saturated heterocycles. The van der Waals surface area contributed by atoms with Crippen molar-refractivity contribution in [1.82, 2.24) is 4.90 Å². The Labute approximate surface area is 88.2 Å². The largest absolute Gasteiger partial charge is 0.440 e. The molecular weight excluding hydrogens is 188 g/mol. The second-order valence-electron chi connectivity index (χ2n) is 3.79. The van der Waals surface area contributed by atoms with Gasteiger partial charge in [-0.15, -0.1) is 0 Å². The first kappa shape index (κ1) is 8.41. The highest BCUT2D eigenvalue weighted by Crippen LogP contribution is 2.27. The number of para-hydroxylation sites is 1. The van der Waals surface area contributed by atoms with Crippen molar-refractivity contribution in [2.45, 2.75) is 0 Å². The van der Waals surface area contributed by atoms with Gasteiger partial charge in [-0.05, 0) is 6.07 Å². The van der Waals surface area contributed by atoms with E-state index < -0.39 is 0 Å². The molecule has 0 bridgehead atoms. The molecular formula is C12H12N2O. The maximum absolute atomic E-state index is 5.75. The Hall–Kier alpha value is -1.90. The van der Waals surface area contributed by atoms with Crippen LogP contribution < -0.4 is 4.90 Å². The molecule has 1 aliphatic heterocycles. The zero-order chi connectivity index (χ0) is 10.3. The molecule has 0 unspecified atom stereocenters. The van der Waals surface area contributed by atoms with Gasteiger partial charge in [0.15, 0.2) is 0 Å². The van der Waals surface area contributed by atoms with Crippen LogP contribution in [0.1, 0.15) is 0 Å². The highest BCUT2D eigenvalue weighted by atomic mass is 16.4. The first-order valence-corrected chi connectivity index (χ1v) is 4.97. The fourth-order valence-corrected chi connectivity index (χ4v) is 1.78. The second-order valence-corrected chi connectivity index (χ2v) is 3.79. The summed E-state index contributed by atoms with van der Waals surface area (Å²) in [5.41, 5.74) is 0.940. The Bertz CT molecular complexity index is 482. The van der Waals surface area contributed by atoms with Crippen LogP contribution in [-0.2, 0) is 0 Å². The van der Waals surface area contributed by atoms with Crippen molar-refractivity contribution in [2.75, 3.05) is 18.6 Å². The third-order valence-electron chi connectivity index (χ3n) is 2.57. The molecule has 2 aromatic rings. The van der Waals surface area contributed by atoms with Gasteiger partial charge in [0.25, 0.3) is 0 Å². The minimum atomic E-state index is 0.847. The zero-order valence-corrected chi connectivity index (χ0v) is 8.55. The van der Waals surface area contributed by atoms with Crippen LogP contribution in [0.2, 0.25) is 0 Å². The molecule has 15 heavy (non-hydrogen) atoms. The van der Waals surface area contributed by atoms with Gasteiger partial charge in [0.1, 0.15) is 5.58 Å². The highest BCUT2D eigenvalue weighted by Gasteiger charge is 2.14. The predicted octanol–water partition coefficient (Wildman–Crippen LogP) is 2.61. The lowest BCUT2D eigenvalue weighted by Gasteiger charge is -2.14. The molecule has 0 N–H and O–H groups in total. The van der Waals surface area contributed by atoms with Gasteiger partial charge >= 0.3 is 0 Å². The van der Waals surface area contributed by atoms with Crippen molar-refractivity contribution in [3.63, 3.8) is 0 Å². The monoisotopic (exact) mass is 200 g/mol. The average molecular weight is 200 g/mol. The predicted molar refractivity (Wildman–Crippen MR) is 60.5 cm³/mol. The average Bonchev–Trinajstić information content (AvgIpc) is 2.82. The third kappa shape index (κ3) is 1.36. The number of nitrogens with zero attached hydrogens (tertiary/aromatic N) is 2. The maximum Gasteiger partial charge on any atom is 0.202 e. The molecule has 3 rings (SSSR count). The Morgan fingerprint density at radius 3 is 2.80 bits per heavy atom. The number of rotatable bonds is 1. The second kappa shape index (κ2) is 3.05. The van der Waals surface area contributed by atoms with E-state index in [0.29, 0.717) is 0 Å². The van der Waals surface area contributed by atoms with Crippen molar-refractivity contribution in [3.05, 3.63) is 42.7 Å². The molecule has 1 aromatic heterocycles. The molecule has 0 radical (unpaired) electrons. The van der Waals surface area contributed by atoms with Crippen molar-refractivity contribution in [3.8, 4) is 0 Å². The molecule has 0 amide bonds. The topological polar surface area (TPSA) is 19.6 Å². The molecule has 0 spiro atoms. The number of furan rings is 1. The Morgan fingerprint density at radius 1 is 1.20 bits per heavy atom.